The Kier molecular flexibility index (Phi) is 7.08. The summed E-state index contributed by atoms with van der Waals surface area (Å²) in [5.74, 6) is 0.641. The standard InChI is InChI=1S/C19H20ClN5OS2/c1-3-5-14(10-26)22-16-15-17(23-18(20)28-15)25-19(24-16)27-11(2)13-7-4-6-12(8-13)9-21/h4,6-8,11,14,26H,3,5,10H2,1-2H3,(H,22,24,25)/t11-,14+/m0/s1. The number of benzene rings is 1. The molecule has 0 unspecified atom stereocenters. The van der Waals surface area contributed by atoms with Crippen molar-refractivity contribution in [3.05, 3.63) is 39.9 Å². The predicted molar refractivity (Wildman–Crippen MR) is 115 cm³/mol. The van der Waals surface area contributed by atoms with Gasteiger partial charge in [0.1, 0.15) is 4.70 Å². The molecule has 6 nitrogen and oxygen atoms in total. The molecule has 2 aromatic heterocycles. The summed E-state index contributed by atoms with van der Waals surface area (Å²) in [4.78, 5) is 13.5. The monoisotopic (exact) mass is 433 g/mol. The second-order valence-electron chi connectivity index (χ2n) is 6.28. The highest BCUT2D eigenvalue weighted by atomic mass is 35.5. The van der Waals surface area contributed by atoms with Gasteiger partial charge in [-0.3, -0.25) is 0 Å². The molecule has 0 bridgehead atoms. The van der Waals surface area contributed by atoms with E-state index >= 15 is 0 Å². The number of rotatable bonds is 8. The van der Waals surface area contributed by atoms with Crippen LogP contribution in [0.3, 0.4) is 0 Å². The number of aromatic nitrogens is 3. The van der Waals surface area contributed by atoms with Crippen LogP contribution in [0.2, 0.25) is 4.47 Å². The molecule has 0 radical (unpaired) electrons. The number of nitriles is 1. The van der Waals surface area contributed by atoms with Gasteiger partial charge in [-0.15, -0.1) is 0 Å². The molecule has 146 valence electrons. The first-order valence-electron chi connectivity index (χ1n) is 8.92. The lowest BCUT2D eigenvalue weighted by atomic mass is 10.1. The number of hydrogen-bond acceptors (Lipinski definition) is 8. The lowest BCUT2D eigenvalue weighted by molar-refractivity contribution is 0.268. The maximum absolute atomic E-state index is 9.63. The zero-order valence-corrected chi connectivity index (χ0v) is 17.9. The Morgan fingerprint density at radius 3 is 2.89 bits per heavy atom. The third kappa shape index (κ3) is 4.92. The molecule has 0 saturated carbocycles. The average Bonchev–Trinajstić information content (AvgIpc) is 3.08. The van der Waals surface area contributed by atoms with E-state index in [-0.39, 0.29) is 17.9 Å². The van der Waals surface area contributed by atoms with Crippen LogP contribution in [0.4, 0.5) is 5.82 Å². The normalized spacial score (nSPS) is 13.2. The minimum absolute atomic E-state index is 0.0195. The molecule has 0 saturated heterocycles. The SMILES string of the molecule is CCC[C@H](CO)Nc1nc(S[C@@H](C)c2cccc(C#N)c2)nc2nc(Cl)sc12. The molecule has 0 fully saturated rings. The fourth-order valence-corrected chi connectivity index (χ4v) is 4.65. The molecule has 1 aromatic carbocycles. The molecule has 0 aliphatic carbocycles. The molecule has 0 amide bonds. The number of aliphatic hydroxyl groups is 1. The highest BCUT2D eigenvalue weighted by Crippen LogP contribution is 2.37. The summed E-state index contributed by atoms with van der Waals surface area (Å²) in [6.07, 6.45) is 1.78. The van der Waals surface area contributed by atoms with Crippen LogP contribution in [0.25, 0.3) is 10.3 Å². The maximum atomic E-state index is 9.63. The van der Waals surface area contributed by atoms with Gasteiger partial charge in [-0.05, 0) is 31.0 Å². The Morgan fingerprint density at radius 1 is 1.36 bits per heavy atom. The van der Waals surface area contributed by atoms with Crippen LogP contribution in [-0.2, 0) is 0 Å². The minimum atomic E-state index is -0.0911. The minimum Gasteiger partial charge on any atom is -0.394 e. The van der Waals surface area contributed by atoms with Crippen LogP contribution in [0.5, 0.6) is 0 Å². The van der Waals surface area contributed by atoms with Crippen LogP contribution in [0.1, 0.15) is 43.1 Å². The van der Waals surface area contributed by atoms with Crippen molar-refractivity contribution >= 4 is 50.9 Å². The highest BCUT2D eigenvalue weighted by molar-refractivity contribution is 7.99. The van der Waals surface area contributed by atoms with Crippen molar-refractivity contribution in [2.45, 2.75) is 43.1 Å². The first-order chi connectivity index (χ1) is 13.5. The van der Waals surface area contributed by atoms with Crippen LogP contribution in [-0.4, -0.2) is 32.7 Å². The van der Waals surface area contributed by atoms with Crippen LogP contribution in [0.15, 0.2) is 29.4 Å². The summed E-state index contributed by atoms with van der Waals surface area (Å²) in [6.45, 7) is 4.14. The van der Waals surface area contributed by atoms with Gasteiger partial charge < -0.3 is 10.4 Å². The van der Waals surface area contributed by atoms with Crippen LogP contribution >= 0.6 is 34.7 Å². The average molecular weight is 434 g/mol. The second-order valence-corrected chi connectivity index (χ2v) is 9.17. The van der Waals surface area contributed by atoms with Gasteiger partial charge in [0, 0.05) is 5.25 Å². The lowest BCUT2D eigenvalue weighted by Crippen LogP contribution is -2.24. The molecular formula is C19H20ClN5OS2. The molecule has 2 heterocycles. The van der Waals surface area contributed by atoms with Gasteiger partial charge in [-0.2, -0.15) is 5.26 Å². The van der Waals surface area contributed by atoms with Crippen molar-refractivity contribution in [3.63, 3.8) is 0 Å². The quantitative estimate of drug-likeness (QED) is 0.379. The van der Waals surface area contributed by atoms with Gasteiger partial charge in [-0.25, -0.2) is 15.0 Å². The Balaban J connectivity index is 1.91. The lowest BCUT2D eigenvalue weighted by Gasteiger charge is -2.17. The summed E-state index contributed by atoms with van der Waals surface area (Å²) in [5, 5.41) is 22.7. The fraction of sp³-hybridized carbons (Fsp3) is 0.368. The number of nitrogens with one attached hydrogen (secondary N) is 1. The van der Waals surface area contributed by atoms with Gasteiger partial charge in [0.25, 0.3) is 0 Å². The van der Waals surface area contributed by atoms with Crippen LogP contribution < -0.4 is 5.32 Å². The van der Waals surface area contributed by atoms with Gasteiger partial charge >= 0.3 is 0 Å². The largest absolute Gasteiger partial charge is 0.394 e. The van der Waals surface area contributed by atoms with E-state index in [0.717, 1.165) is 23.1 Å². The molecule has 0 aliphatic heterocycles. The number of thiazole rings is 1. The zero-order chi connectivity index (χ0) is 20.1. The summed E-state index contributed by atoms with van der Waals surface area (Å²) < 4.78 is 1.18. The van der Waals surface area contributed by atoms with Crippen molar-refractivity contribution < 1.29 is 5.11 Å². The van der Waals surface area contributed by atoms with Crippen molar-refractivity contribution in [3.8, 4) is 6.07 Å². The maximum Gasteiger partial charge on any atom is 0.192 e. The smallest absolute Gasteiger partial charge is 0.192 e. The summed E-state index contributed by atoms with van der Waals surface area (Å²) in [7, 11) is 0. The highest BCUT2D eigenvalue weighted by Gasteiger charge is 2.18. The topological polar surface area (TPSA) is 94.7 Å². The molecule has 0 aliphatic rings. The van der Waals surface area contributed by atoms with Gasteiger partial charge in [0.2, 0.25) is 0 Å². The Morgan fingerprint density at radius 2 is 2.18 bits per heavy atom. The predicted octanol–water partition coefficient (Wildman–Crippen LogP) is 5.04. The van der Waals surface area contributed by atoms with E-state index in [2.05, 4.69) is 33.3 Å². The van der Waals surface area contributed by atoms with E-state index in [1.54, 1.807) is 6.07 Å². The van der Waals surface area contributed by atoms with E-state index in [1.165, 1.54) is 23.1 Å². The molecule has 28 heavy (non-hydrogen) atoms. The zero-order valence-electron chi connectivity index (χ0n) is 15.5. The fourth-order valence-electron chi connectivity index (χ4n) is 2.77. The number of aliphatic hydroxyl groups excluding tert-OH is 1. The number of nitrogens with zero attached hydrogens (tertiary/aromatic N) is 4. The van der Waals surface area contributed by atoms with Gasteiger partial charge in [0.05, 0.1) is 24.3 Å². The molecule has 9 heteroatoms. The third-order valence-electron chi connectivity index (χ3n) is 4.17. The number of thioether (sulfide) groups is 1. The number of hydrogen-bond donors (Lipinski definition) is 2. The first-order valence-corrected chi connectivity index (χ1v) is 11.0. The molecule has 0 spiro atoms. The molecule has 2 N–H and O–H groups in total. The van der Waals surface area contributed by atoms with Crippen molar-refractivity contribution in [2.24, 2.45) is 0 Å². The number of halogens is 1. The van der Waals surface area contributed by atoms with Gasteiger partial charge in [-0.1, -0.05) is 60.2 Å². The number of fused-ring (bicyclic) bond motifs is 1. The summed E-state index contributed by atoms with van der Waals surface area (Å²) in [6, 6.07) is 9.59. The first kappa shape index (κ1) is 20.8. The Labute approximate surface area is 177 Å². The molecule has 2 atom stereocenters. The molecule has 3 aromatic rings. The van der Waals surface area contributed by atoms with Crippen molar-refractivity contribution in [1.29, 1.82) is 5.26 Å². The Bertz CT molecular complexity index is 1000. The van der Waals surface area contributed by atoms with Crippen molar-refractivity contribution in [2.75, 3.05) is 11.9 Å². The van der Waals surface area contributed by atoms with E-state index < -0.39 is 0 Å². The van der Waals surface area contributed by atoms with E-state index in [9.17, 15) is 5.11 Å². The van der Waals surface area contributed by atoms with Gasteiger partial charge in [0.15, 0.2) is 21.1 Å². The second kappa shape index (κ2) is 9.52. The summed E-state index contributed by atoms with van der Waals surface area (Å²) >= 11 is 8.91. The van der Waals surface area contributed by atoms with E-state index in [0.29, 0.717) is 26.7 Å². The van der Waals surface area contributed by atoms with E-state index in [4.69, 9.17) is 16.9 Å². The third-order valence-corrected chi connectivity index (χ3v) is 6.35. The molecular weight excluding hydrogens is 414 g/mol. The Hall–Kier alpha value is -1.92. The van der Waals surface area contributed by atoms with E-state index in [1.807, 2.05) is 25.1 Å². The summed E-state index contributed by atoms with van der Waals surface area (Å²) in [5.41, 5.74) is 2.19. The molecule has 3 rings (SSSR count). The van der Waals surface area contributed by atoms with Crippen molar-refractivity contribution in [1.82, 2.24) is 15.0 Å². The number of anilines is 1. The van der Waals surface area contributed by atoms with Crippen LogP contribution in [0, 0.1) is 11.3 Å².